The summed E-state index contributed by atoms with van der Waals surface area (Å²) in [5, 5.41) is 8.65. The van der Waals surface area contributed by atoms with E-state index in [2.05, 4.69) is 58.7 Å². The van der Waals surface area contributed by atoms with E-state index in [1.807, 2.05) is 22.2 Å². The lowest BCUT2D eigenvalue weighted by Crippen LogP contribution is -2.36. The summed E-state index contributed by atoms with van der Waals surface area (Å²) in [7, 11) is 0. The van der Waals surface area contributed by atoms with Gasteiger partial charge < -0.3 is 10.6 Å². The number of thiazole rings is 1. The topological polar surface area (TPSA) is 53.7 Å². The largest absolute Gasteiger partial charge is 0.357 e. The Kier molecular flexibility index (Phi) is 7.04. The number of rotatable bonds is 5. The molecule has 0 fully saturated rings. The Balaban J connectivity index is 0.00000208. The number of fused-ring (bicyclic) bond motifs is 1. The number of nitrogens with one attached hydrogen (secondary N) is 2. The molecular formula is C17H22IN5S. The summed E-state index contributed by atoms with van der Waals surface area (Å²) < 4.78 is 2.04. The van der Waals surface area contributed by atoms with Gasteiger partial charge in [-0.1, -0.05) is 29.8 Å². The Morgan fingerprint density at radius 1 is 1.33 bits per heavy atom. The van der Waals surface area contributed by atoms with Gasteiger partial charge in [-0.05, 0) is 19.4 Å². The number of nitrogens with zero attached hydrogens (tertiary/aromatic N) is 3. The zero-order valence-electron chi connectivity index (χ0n) is 13.8. The number of aryl methyl sites for hydroxylation is 1. The monoisotopic (exact) mass is 455 g/mol. The van der Waals surface area contributed by atoms with Crippen LogP contribution in [0, 0.1) is 6.92 Å². The van der Waals surface area contributed by atoms with Crippen molar-refractivity contribution in [2.24, 2.45) is 4.99 Å². The first-order valence-electron chi connectivity index (χ1n) is 7.73. The van der Waals surface area contributed by atoms with Crippen molar-refractivity contribution in [2.75, 3.05) is 6.54 Å². The fourth-order valence-corrected chi connectivity index (χ4v) is 3.08. The molecule has 0 unspecified atom stereocenters. The number of aliphatic imine (C=N–C) groups is 1. The molecular weight excluding hydrogens is 433 g/mol. The molecule has 2 aromatic heterocycles. The molecule has 3 rings (SSSR count). The third-order valence-corrected chi connectivity index (χ3v) is 4.20. The Morgan fingerprint density at radius 3 is 2.96 bits per heavy atom. The summed E-state index contributed by atoms with van der Waals surface area (Å²) >= 11 is 1.64. The van der Waals surface area contributed by atoms with Crippen LogP contribution in [0.1, 0.15) is 23.7 Å². The van der Waals surface area contributed by atoms with Crippen LogP contribution in [-0.4, -0.2) is 21.9 Å². The van der Waals surface area contributed by atoms with Gasteiger partial charge in [0.1, 0.15) is 0 Å². The number of halogens is 1. The molecule has 0 spiro atoms. The lowest BCUT2D eigenvalue weighted by atomic mass is 10.1. The Labute approximate surface area is 163 Å². The summed E-state index contributed by atoms with van der Waals surface area (Å²) in [5.74, 6) is 0.811. The zero-order chi connectivity index (χ0) is 16.1. The van der Waals surface area contributed by atoms with E-state index in [1.54, 1.807) is 11.3 Å². The van der Waals surface area contributed by atoms with Gasteiger partial charge in [-0.25, -0.2) is 9.98 Å². The minimum absolute atomic E-state index is 0. The molecule has 2 N–H and O–H groups in total. The van der Waals surface area contributed by atoms with E-state index in [4.69, 9.17) is 0 Å². The van der Waals surface area contributed by atoms with E-state index in [-0.39, 0.29) is 24.0 Å². The average Bonchev–Trinajstić information content (AvgIpc) is 3.11. The van der Waals surface area contributed by atoms with Crippen molar-refractivity contribution in [1.82, 2.24) is 20.0 Å². The Morgan fingerprint density at radius 2 is 2.21 bits per heavy atom. The van der Waals surface area contributed by atoms with E-state index in [0.29, 0.717) is 13.1 Å². The van der Waals surface area contributed by atoms with Crippen LogP contribution in [0.25, 0.3) is 4.96 Å². The number of aromatic nitrogens is 2. The van der Waals surface area contributed by atoms with Gasteiger partial charge in [-0.15, -0.1) is 35.3 Å². The van der Waals surface area contributed by atoms with E-state index in [9.17, 15) is 0 Å². The predicted molar refractivity (Wildman–Crippen MR) is 111 cm³/mol. The first kappa shape index (κ1) is 18.7. The molecule has 0 saturated carbocycles. The van der Waals surface area contributed by atoms with Crippen molar-refractivity contribution < 1.29 is 0 Å². The molecule has 1 aromatic carbocycles. The minimum Gasteiger partial charge on any atom is -0.357 e. The van der Waals surface area contributed by atoms with Gasteiger partial charge >= 0.3 is 0 Å². The summed E-state index contributed by atoms with van der Waals surface area (Å²) in [6.45, 7) is 6.32. The molecule has 7 heteroatoms. The number of imidazole rings is 1. The fourth-order valence-electron chi connectivity index (χ4n) is 2.36. The van der Waals surface area contributed by atoms with Crippen molar-refractivity contribution in [3.05, 3.63) is 58.9 Å². The van der Waals surface area contributed by atoms with Crippen LogP contribution in [0.15, 0.2) is 47.0 Å². The maximum atomic E-state index is 4.64. The highest BCUT2D eigenvalue weighted by Gasteiger charge is 2.04. The van der Waals surface area contributed by atoms with Crippen LogP contribution >= 0.6 is 35.3 Å². The molecule has 0 radical (unpaired) electrons. The molecule has 2 heterocycles. The number of hydrogen-bond acceptors (Lipinski definition) is 3. The van der Waals surface area contributed by atoms with Crippen LogP contribution in [-0.2, 0) is 13.1 Å². The Hall–Kier alpha value is -1.61. The molecule has 0 saturated heterocycles. The molecule has 24 heavy (non-hydrogen) atoms. The van der Waals surface area contributed by atoms with Gasteiger partial charge in [0, 0.05) is 24.3 Å². The highest BCUT2D eigenvalue weighted by atomic mass is 127. The van der Waals surface area contributed by atoms with Gasteiger partial charge in [0.05, 0.1) is 18.8 Å². The molecule has 0 bridgehead atoms. The molecule has 5 nitrogen and oxygen atoms in total. The fraction of sp³-hybridized carbons (Fsp3) is 0.294. The average molecular weight is 455 g/mol. The molecule has 128 valence electrons. The maximum absolute atomic E-state index is 4.64. The van der Waals surface area contributed by atoms with E-state index >= 15 is 0 Å². The summed E-state index contributed by atoms with van der Waals surface area (Å²) in [4.78, 5) is 10.2. The smallest absolute Gasteiger partial charge is 0.193 e. The van der Waals surface area contributed by atoms with Gasteiger partial charge in [0.15, 0.2) is 10.9 Å². The molecule has 0 aliphatic heterocycles. The second-order valence-electron chi connectivity index (χ2n) is 5.36. The second kappa shape index (κ2) is 9.03. The van der Waals surface area contributed by atoms with Crippen LogP contribution < -0.4 is 10.6 Å². The maximum Gasteiger partial charge on any atom is 0.193 e. The van der Waals surface area contributed by atoms with Crippen molar-refractivity contribution >= 4 is 46.2 Å². The van der Waals surface area contributed by atoms with Crippen molar-refractivity contribution in [3.63, 3.8) is 0 Å². The standard InChI is InChI=1S/C17H21N5S.HI/c1-3-18-16(19-10-14-6-4-5-13(2)9-14)20-11-15-12-22-7-8-23-17(22)21-15;/h4-9,12H,3,10-11H2,1-2H3,(H2,18,19,20);1H. The van der Waals surface area contributed by atoms with Crippen LogP contribution in [0.2, 0.25) is 0 Å². The molecule has 0 atom stereocenters. The van der Waals surface area contributed by atoms with E-state index in [1.165, 1.54) is 11.1 Å². The van der Waals surface area contributed by atoms with Crippen LogP contribution in [0.4, 0.5) is 0 Å². The number of guanidine groups is 1. The highest BCUT2D eigenvalue weighted by Crippen LogP contribution is 2.11. The normalized spacial score (nSPS) is 11.3. The summed E-state index contributed by atoms with van der Waals surface area (Å²) in [6, 6.07) is 8.43. The molecule has 0 aliphatic carbocycles. The van der Waals surface area contributed by atoms with Crippen LogP contribution in [0.3, 0.4) is 0 Å². The van der Waals surface area contributed by atoms with E-state index < -0.39 is 0 Å². The lowest BCUT2D eigenvalue weighted by molar-refractivity contribution is 0.804. The minimum atomic E-state index is 0. The van der Waals surface area contributed by atoms with E-state index in [0.717, 1.165) is 23.2 Å². The lowest BCUT2D eigenvalue weighted by Gasteiger charge is -2.10. The molecule has 0 aliphatic rings. The zero-order valence-corrected chi connectivity index (χ0v) is 17.0. The summed E-state index contributed by atoms with van der Waals surface area (Å²) in [6.07, 6.45) is 4.07. The summed E-state index contributed by atoms with van der Waals surface area (Å²) in [5.41, 5.74) is 3.48. The van der Waals surface area contributed by atoms with Gasteiger partial charge in [0.25, 0.3) is 0 Å². The van der Waals surface area contributed by atoms with Crippen molar-refractivity contribution in [2.45, 2.75) is 26.9 Å². The first-order valence-corrected chi connectivity index (χ1v) is 8.61. The van der Waals surface area contributed by atoms with Crippen molar-refractivity contribution in [3.8, 4) is 0 Å². The van der Waals surface area contributed by atoms with Gasteiger partial charge in [0.2, 0.25) is 0 Å². The van der Waals surface area contributed by atoms with Crippen LogP contribution in [0.5, 0.6) is 0 Å². The first-order chi connectivity index (χ1) is 11.2. The molecule has 3 aromatic rings. The number of hydrogen-bond donors (Lipinski definition) is 2. The predicted octanol–water partition coefficient (Wildman–Crippen LogP) is 3.58. The third-order valence-electron chi connectivity index (χ3n) is 3.43. The third kappa shape index (κ3) is 4.94. The number of benzene rings is 1. The van der Waals surface area contributed by atoms with Crippen molar-refractivity contribution in [1.29, 1.82) is 0 Å². The SMILES string of the molecule is CCNC(=NCc1cccc(C)c1)NCc1cn2ccsc2n1.I. The van der Waals surface area contributed by atoms with Gasteiger partial charge in [-0.3, -0.25) is 4.40 Å². The quantitative estimate of drug-likeness (QED) is 0.352. The molecule has 0 amide bonds. The Bertz CT molecular complexity index is 780. The highest BCUT2D eigenvalue weighted by molar-refractivity contribution is 14.0. The van der Waals surface area contributed by atoms with Gasteiger partial charge in [-0.2, -0.15) is 0 Å². The second-order valence-corrected chi connectivity index (χ2v) is 6.24.